The second kappa shape index (κ2) is 9.14. The largest absolute Gasteiger partial charge is 0.504 e. The minimum Gasteiger partial charge on any atom is -0.504 e. The Kier molecular flexibility index (Phi) is 7.18. The molecular weight excluding hydrogens is 381 g/mol. The summed E-state index contributed by atoms with van der Waals surface area (Å²) >= 11 is 17.7. The molecule has 1 atom stereocenters. The fourth-order valence-corrected chi connectivity index (χ4v) is 2.54. The van der Waals surface area contributed by atoms with Gasteiger partial charge in [0.2, 0.25) is 0 Å². The minimum absolute atomic E-state index is 0.0419. The molecule has 1 unspecified atom stereocenters. The summed E-state index contributed by atoms with van der Waals surface area (Å²) in [6, 6.07) is 12.8. The molecule has 132 valence electrons. The predicted molar refractivity (Wildman–Crippen MR) is 105 cm³/mol. The van der Waals surface area contributed by atoms with E-state index in [4.69, 9.17) is 39.5 Å². The molecule has 2 aromatic carbocycles. The molecule has 6 heteroatoms. The van der Waals surface area contributed by atoms with Crippen molar-refractivity contribution in [3.05, 3.63) is 68.7 Å². The van der Waals surface area contributed by atoms with Gasteiger partial charge in [0.15, 0.2) is 11.5 Å². The van der Waals surface area contributed by atoms with Crippen LogP contribution in [-0.4, -0.2) is 18.4 Å². The number of methoxy groups -OCH3 is 1. The Balaban J connectivity index is 2.32. The van der Waals surface area contributed by atoms with Crippen molar-refractivity contribution in [1.82, 2.24) is 0 Å². The highest BCUT2D eigenvalue weighted by Gasteiger charge is 2.13. The van der Waals surface area contributed by atoms with Gasteiger partial charge < -0.3 is 9.84 Å². The number of aromatic hydroxyl groups is 1. The maximum absolute atomic E-state index is 9.67. The molecule has 2 aromatic rings. The molecule has 0 amide bonds. The molecule has 3 nitrogen and oxygen atoms in total. The SMILES string of the molecule is COc1cc(C=NC(CC(Cl)=C(Cl)Cl)c2ccc(C)cc2)ccc1O. The fourth-order valence-electron chi connectivity index (χ4n) is 2.24. The normalized spacial score (nSPS) is 12.2. The molecule has 0 aliphatic carbocycles. The van der Waals surface area contributed by atoms with Gasteiger partial charge in [-0.05, 0) is 36.2 Å². The molecule has 0 aromatic heterocycles. The Hall–Kier alpha value is -1.68. The lowest BCUT2D eigenvalue weighted by atomic mass is 10.0. The highest BCUT2D eigenvalue weighted by atomic mass is 35.5. The van der Waals surface area contributed by atoms with Gasteiger partial charge in [0.05, 0.1) is 18.2 Å². The summed E-state index contributed by atoms with van der Waals surface area (Å²) in [5, 5.41) is 10.0. The molecule has 0 spiro atoms. The van der Waals surface area contributed by atoms with Crippen LogP contribution in [0.4, 0.5) is 0 Å². The molecule has 25 heavy (non-hydrogen) atoms. The summed E-state index contributed by atoms with van der Waals surface area (Å²) in [6.45, 7) is 2.02. The quantitative estimate of drug-likeness (QED) is 0.593. The predicted octanol–water partition coefficient (Wildman–Crippen LogP) is 6.15. The molecular formula is C19H18Cl3NO2. The van der Waals surface area contributed by atoms with Crippen LogP contribution in [-0.2, 0) is 0 Å². The molecule has 2 rings (SSSR count). The van der Waals surface area contributed by atoms with Crippen molar-refractivity contribution in [2.24, 2.45) is 4.99 Å². The maximum Gasteiger partial charge on any atom is 0.161 e. The molecule has 0 aliphatic rings. The third-order valence-electron chi connectivity index (χ3n) is 3.65. The average Bonchev–Trinajstić information content (AvgIpc) is 2.60. The zero-order chi connectivity index (χ0) is 18.4. The van der Waals surface area contributed by atoms with Crippen LogP contribution >= 0.6 is 34.8 Å². The van der Waals surface area contributed by atoms with E-state index in [1.54, 1.807) is 24.4 Å². The standard InChI is InChI=1S/C19H18Cl3NO2/c1-12-3-6-14(7-4-12)16(10-15(20)19(21)22)23-11-13-5-8-17(24)18(9-13)25-2/h3-9,11,16,24H,10H2,1-2H3. The van der Waals surface area contributed by atoms with E-state index in [-0.39, 0.29) is 16.3 Å². The van der Waals surface area contributed by atoms with Gasteiger partial charge in [0.25, 0.3) is 0 Å². The average molecular weight is 399 g/mol. The van der Waals surface area contributed by atoms with Gasteiger partial charge in [0, 0.05) is 12.6 Å². The monoisotopic (exact) mass is 397 g/mol. The van der Waals surface area contributed by atoms with Crippen molar-refractivity contribution in [2.45, 2.75) is 19.4 Å². The van der Waals surface area contributed by atoms with Crippen molar-refractivity contribution in [3.8, 4) is 11.5 Å². The van der Waals surface area contributed by atoms with E-state index in [0.29, 0.717) is 17.2 Å². The number of rotatable bonds is 6. The van der Waals surface area contributed by atoms with E-state index in [2.05, 4.69) is 4.99 Å². The number of aryl methyl sites for hydroxylation is 1. The molecule has 0 radical (unpaired) electrons. The topological polar surface area (TPSA) is 41.8 Å². The maximum atomic E-state index is 9.67. The summed E-state index contributed by atoms with van der Waals surface area (Å²) in [6.07, 6.45) is 2.09. The summed E-state index contributed by atoms with van der Waals surface area (Å²) < 4.78 is 5.15. The number of ether oxygens (including phenoxy) is 1. The van der Waals surface area contributed by atoms with Gasteiger partial charge in [0.1, 0.15) is 4.49 Å². The van der Waals surface area contributed by atoms with Gasteiger partial charge in [-0.15, -0.1) is 0 Å². The first kappa shape index (κ1) is 19.6. The third kappa shape index (κ3) is 5.67. The number of nitrogens with zero attached hydrogens (tertiary/aromatic N) is 1. The summed E-state index contributed by atoms with van der Waals surface area (Å²) in [7, 11) is 1.50. The highest BCUT2D eigenvalue weighted by Crippen LogP contribution is 2.32. The summed E-state index contributed by atoms with van der Waals surface area (Å²) in [5.41, 5.74) is 2.95. The van der Waals surface area contributed by atoms with Gasteiger partial charge in [-0.25, -0.2) is 0 Å². The van der Waals surface area contributed by atoms with Crippen LogP contribution < -0.4 is 4.74 Å². The van der Waals surface area contributed by atoms with Crippen molar-refractivity contribution in [1.29, 1.82) is 0 Å². The molecule has 0 saturated carbocycles. The molecule has 0 heterocycles. The highest BCUT2D eigenvalue weighted by molar-refractivity contribution is 6.59. The first-order chi connectivity index (χ1) is 11.9. The van der Waals surface area contributed by atoms with Crippen molar-refractivity contribution in [2.75, 3.05) is 7.11 Å². The third-order valence-corrected chi connectivity index (χ3v) is 4.64. The number of benzene rings is 2. The van der Waals surface area contributed by atoms with E-state index < -0.39 is 0 Å². The molecule has 1 N–H and O–H groups in total. The first-order valence-corrected chi connectivity index (χ1v) is 8.70. The minimum atomic E-state index is -0.236. The molecule has 0 saturated heterocycles. The Bertz CT molecular complexity index is 782. The lowest BCUT2D eigenvalue weighted by Crippen LogP contribution is -1.98. The number of halogens is 3. The van der Waals surface area contributed by atoms with E-state index in [1.165, 1.54) is 7.11 Å². The van der Waals surface area contributed by atoms with Crippen LogP contribution in [0.2, 0.25) is 0 Å². The molecule has 0 fully saturated rings. The molecule has 0 aliphatic heterocycles. The zero-order valence-electron chi connectivity index (χ0n) is 13.8. The van der Waals surface area contributed by atoms with Crippen LogP contribution in [0.25, 0.3) is 0 Å². The van der Waals surface area contributed by atoms with Crippen molar-refractivity contribution >= 4 is 41.0 Å². The fraction of sp³-hybridized carbons (Fsp3) is 0.211. The van der Waals surface area contributed by atoms with E-state index in [9.17, 15) is 5.11 Å². The van der Waals surface area contributed by atoms with Gasteiger partial charge in [-0.2, -0.15) is 0 Å². The number of hydrogen-bond acceptors (Lipinski definition) is 3. The Morgan fingerprint density at radius 2 is 1.84 bits per heavy atom. The Morgan fingerprint density at radius 3 is 2.44 bits per heavy atom. The first-order valence-electron chi connectivity index (χ1n) is 7.57. The Morgan fingerprint density at radius 1 is 1.16 bits per heavy atom. The second-order valence-electron chi connectivity index (χ2n) is 5.51. The van der Waals surface area contributed by atoms with Crippen LogP contribution in [0, 0.1) is 6.92 Å². The van der Waals surface area contributed by atoms with Gasteiger partial charge in [-0.1, -0.05) is 64.6 Å². The number of aliphatic imine (C=N–C) groups is 1. The summed E-state index contributed by atoms with van der Waals surface area (Å²) in [5.74, 6) is 0.465. The van der Waals surface area contributed by atoms with Crippen LogP contribution in [0.3, 0.4) is 0 Å². The van der Waals surface area contributed by atoms with E-state index >= 15 is 0 Å². The van der Waals surface area contributed by atoms with Crippen LogP contribution in [0.15, 0.2) is 57.0 Å². The van der Waals surface area contributed by atoms with Gasteiger partial charge >= 0.3 is 0 Å². The number of phenolic OH excluding ortho intramolecular Hbond substituents is 1. The number of hydrogen-bond donors (Lipinski definition) is 1. The number of phenols is 1. The molecule has 0 bridgehead atoms. The van der Waals surface area contributed by atoms with Crippen molar-refractivity contribution in [3.63, 3.8) is 0 Å². The lowest BCUT2D eigenvalue weighted by molar-refractivity contribution is 0.373. The second-order valence-corrected chi connectivity index (χ2v) is 6.91. The van der Waals surface area contributed by atoms with Crippen LogP contribution in [0.1, 0.15) is 29.2 Å². The van der Waals surface area contributed by atoms with E-state index in [0.717, 1.165) is 16.7 Å². The zero-order valence-corrected chi connectivity index (χ0v) is 16.1. The summed E-state index contributed by atoms with van der Waals surface area (Å²) in [4.78, 5) is 4.62. The smallest absolute Gasteiger partial charge is 0.161 e. The van der Waals surface area contributed by atoms with Crippen LogP contribution in [0.5, 0.6) is 11.5 Å². The van der Waals surface area contributed by atoms with Crippen molar-refractivity contribution < 1.29 is 9.84 Å². The lowest BCUT2D eigenvalue weighted by Gasteiger charge is -2.13. The van der Waals surface area contributed by atoms with Gasteiger partial charge in [-0.3, -0.25) is 4.99 Å². The Labute approximate surface area is 162 Å². The van der Waals surface area contributed by atoms with E-state index in [1.807, 2.05) is 31.2 Å².